The molecular formula is C22H29FN4O. The minimum absolute atomic E-state index is 0.0381. The van der Waals surface area contributed by atoms with Gasteiger partial charge in [0.1, 0.15) is 11.5 Å². The van der Waals surface area contributed by atoms with Crippen molar-refractivity contribution in [3.05, 3.63) is 47.5 Å². The highest BCUT2D eigenvalue weighted by Crippen LogP contribution is 2.32. The molecular weight excluding hydrogens is 355 g/mol. The van der Waals surface area contributed by atoms with Gasteiger partial charge in [0.25, 0.3) is 0 Å². The van der Waals surface area contributed by atoms with Gasteiger partial charge in [-0.15, -0.1) is 0 Å². The minimum Gasteiger partial charge on any atom is -0.344 e. The van der Waals surface area contributed by atoms with Crippen LogP contribution >= 0.6 is 0 Å². The first kappa shape index (κ1) is 19.1. The number of fused-ring (bicyclic) bond motifs is 1. The van der Waals surface area contributed by atoms with E-state index in [1.807, 2.05) is 24.2 Å². The van der Waals surface area contributed by atoms with Crippen molar-refractivity contribution in [2.45, 2.75) is 39.7 Å². The molecule has 5 nitrogen and oxygen atoms in total. The average Bonchev–Trinajstić information content (AvgIpc) is 3.38. The molecule has 0 N–H and O–H groups in total. The van der Waals surface area contributed by atoms with Crippen LogP contribution in [0.25, 0.3) is 5.69 Å². The van der Waals surface area contributed by atoms with E-state index in [9.17, 15) is 9.18 Å². The Kier molecular flexibility index (Phi) is 5.00. The van der Waals surface area contributed by atoms with Crippen molar-refractivity contribution in [2.24, 2.45) is 11.3 Å². The van der Waals surface area contributed by atoms with Gasteiger partial charge in [0.15, 0.2) is 0 Å². The van der Waals surface area contributed by atoms with E-state index < -0.39 is 0 Å². The van der Waals surface area contributed by atoms with Gasteiger partial charge in [-0.25, -0.2) is 9.07 Å². The maximum atomic E-state index is 14.3. The van der Waals surface area contributed by atoms with E-state index >= 15 is 0 Å². The first-order chi connectivity index (χ1) is 13.3. The third-order valence-electron chi connectivity index (χ3n) is 5.74. The summed E-state index contributed by atoms with van der Waals surface area (Å²) < 4.78 is 16.1. The summed E-state index contributed by atoms with van der Waals surface area (Å²) in [7, 11) is 1.91. The van der Waals surface area contributed by atoms with Crippen LogP contribution in [-0.2, 0) is 17.8 Å². The molecule has 28 heavy (non-hydrogen) atoms. The van der Waals surface area contributed by atoms with Crippen molar-refractivity contribution in [2.75, 3.05) is 26.7 Å². The Labute approximate surface area is 166 Å². The smallest absolute Gasteiger partial charge is 0.236 e. The fraction of sp³-hybridized carbons (Fsp3) is 0.545. The minimum atomic E-state index is -0.274. The molecule has 0 atom stereocenters. The van der Waals surface area contributed by atoms with Gasteiger partial charge in [0.2, 0.25) is 5.91 Å². The predicted octanol–water partition coefficient (Wildman–Crippen LogP) is 3.26. The zero-order valence-corrected chi connectivity index (χ0v) is 17.0. The van der Waals surface area contributed by atoms with E-state index in [1.54, 1.807) is 16.8 Å². The third kappa shape index (κ3) is 4.12. The monoisotopic (exact) mass is 384 g/mol. The van der Waals surface area contributed by atoms with Crippen molar-refractivity contribution < 1.29 is 9.18 Å². The number of hydrogen-bond donors (Lipinski definition) is 0. The molecule has 0 unspecified atom stereocenters. The predicted molar refractivity (Wildman–Crippen MR) is 107 cm³/mol. The fourth-order valence-corrected chi connectivity index (χ4v) is 4.18. The number of amides is 1. The second kappa shape index (κ2) is 7.32. The Morgan fingerprint density at radius 2 is 2.07 bits per heavy atom. The number of likely N-dealkylation sites (N-methyl/N-ethyl adjacent to an activating group) is 1. The lowest BCUT2D eigenvalue weighted by Crippen LogP contribution is -2.42. The Bertz CT molecular complexity index is 871. The summed E-state index contributed by atoms with van der Waals surface area (Å²) in [6.07, 6.45) is 5.10. The van der Waals surface area contributed by atoms with Gasteiger partial charge in [-0.05, 0) is 42.7 Å². The van der Waals surface area contributed by atoms with E-state index in [4.69, 9.17) is 0 Å². The van der Waals surface area contributed by atoms with Gasteiger partial charge in [-0.2, -0.15) is 5.10 Å². The highest BCUT2D eigenvalue weighted by molar-refractivity contribution is 5.78. The van der Waals surface area contributed by atoms with Crippen molar-refractivity contribution in [1.82, 2.24) is 19.6 Å². The Hall–Kier alpha value is -2.21. The van der Waals surface area contributed by atoms with Crippen LogP contribution in [0.5, 0.6) is 0 Å². The van der Waals surface area contributed by atoms with Crippen LogP contribution in [0.15, 0.2) is 30.5 Å². The van der Waals surface area contributed by atoms with Crippen LogP contribution in [0.3, 0.4) is 0 Å². The molecule has 0 radical (unpaired) electrons. The number of rotatable bonds is 5. The first-order valence-electron chi connectivity index (χ1n) is 10.1. The second-order valence-electron chi connectivity index (χ2n) is 9.18. The first-order valence-corrected chi connectivity index (χ1v) is 10.1. The number of benzene rings is 1. The zero-order chi connectivity index (χ0) is 19.9. The van der Waals surface area contributed by atoms with Crippen LogP contribution in [0.1, 0.15) is 37.9 Å². The van der Waals surface area contributed by atoms with Crippen molar-refractivity contribution in [3.8, 4) is 5.69 Å². The van der Waals surface area contributed by atoms with E-state index in [0.29, 0.717) is 24.7 Å². The van der Waals surface area contributed by atoms with Crippen LogP contribution in [0, 0.1) is 17.2 Å². The van der Waals surface area contributed by atoms with Gasteiger partial charge in [0, 0.05) is 37.9 Å². The Morgan fingerprint density at radius 1 is 1.32 bits per heavy atom. The molecule has 0 saturated heterocycles. The molecule has 2 heterocycles. The highest BCUT2D eigenvalue weighted by Gasteiger charge is 2.32. The number of para-hydroxylation sites is 1. The lowest BCUT2D eigenvalue weighted by Gasteiger charge is -2.30. The van der Waals surface area contributed by atoms with Crippen molar-refractivity contribution >= 4 is 5.91 Å². The number of carbonyl (C=O) groups excluding carboxylic acids is 1. The maximum absolute atomic E-state index is 14.3. The summed E-state index contributed by atoms with van der Waals surface area (Å²) in [5.74, 6) is 0.594. The summed E-state index contributed by atoms with van der Waals surface area (Å²) in [6.45, 7) is 7.17. The number of aromatic nitrogens is 2. The average molecular weight is 384 g/mol. The van der Waals surface area contributed by atoms with E-state index in [0.717, 1.165) is 30.8 Å². The van der Waals surface area contributed by atoms with Gasteiger partial charge in [-0.1, -0.05) is 26.0 Å². The van der Waals surface area contributed by atoms with E-state index in [2.05, 4.69) is 23.8 Å². The lowest BCUT2D eigenvalue weighted by molar-refractivity contribution is -0.131. The lowest BCUT2D eigenvalue weighted by atomic mass is 9.87. The molecule has 1 aliphatic carbocycles. The van der Waals surface area contributed by atoms with Gasteiger partial charge in [0.05, 0.1) is 12.7 Å². The van der Waals surface area contributed by atoms with Gasteiger partial charge >= 0.3 is 0 Å². The molecule has 6 heteroatoms. The normalized spacial score (nSPS) is 19.1. The van der Waals surface area contributed by atoms with E-state index in [-0.39, 0.29) is 17.1 Å². The van der Waals surface area contributed by atoms with Crippen LogP contribution < -0.4 is 0 Å². The Morgan fingerprint density at radius 3 is 2.79 bits per heavy atom. The molecule has 4 rings (SSSR count). The molecule has 1 saturated carbocycles. The maximum Gasteiger partial charge on any atom is 0.236 e. The second-order valence-corrected chi connectivity index (χ2v) is 9.18. The molecule has 1 aliphatic heterocycles. The molecule has 2 aliphatic rings. The summed E-state index contributed by atoms with van der Waals surface area (Å²) >= 11 is 0. The summed E-state index contributed by atoms with van der Waals surface area (Å²) in [5, 5.41) is 4.49. The standard InChI is InChI=1S/C22H29FN4O/c1-22(2)10-20-17(11-24-27(20)19-7-5-4-6-18(19)23)13-26(15-22)14-21(28)25(3)12-16-8-9-16/h4-7,11,16H,8-10,12-15H2,1-3H3. The molecule has 1 amide bonds. The summed E-state index contributed by atoms with van der Waals surface area (Å²) in [5.41, 5.74) is 2.56. The van der Waals surface area contributed by atoms with E-state index in [1.165, 1.54) is 18.9 Å². The zero-order valence-electron chi connectivity index (χ0n) is 17.0. The molecule has 1 fully saturated rings. The SMILES string of the molecule is CN(CC1CC1)C(=O)CN1Cc2cnn(-c3ccccc3F)c2CC(C)(C)C1. The molecule has 0 bridgehead atoms. The van der Waals surface area contributed by atoms with Crippen LogP contribution in [0.2, 0.25) is 0 Å². The Balaban J connectivity index is 1.56. The summed E-state index contributed by atoms with van der Waals surface area (Å²) in [6, 6.07) is 6.74. The third-order valence-corrected chi connectivity index (χ3v) is 5.74. The van der Waals surface area contributed by atoms with Crippen LogP contribution in [-0.4, -0.2) is 52.2 Å². The quantitative estimate of drug-likeness (QED) is 0.795. The van der Waals surface area contributed by atoms with Crippen LogP contribution in [0.4, 0.5) is 4.39 Å². The van der Waals surface area contributed by atoms with Gasteiger partial charge in [-0.3, -0.25) is 9.69 Å². The molecule has 150 valence electrons. The topological polar surface area (TPSA) is 41.4 Å². The number of carbonyl (C=O) groups is 1. The molecule has 2 aromatic rings. The molecule has 0 spiro atoms. The largest absolute Gasteiger partial charge is 0.344 e. The number of nitrogens with zero attached hydrogens (tertiary/aromatic N) is 4. The number of halogens is 1. The summed E-state index contributed by atoms with van der Waals surface area (Å²) in [4.78, 5) is 16.8. The molecule has 1 aromatic carbocycles. The molecule has 1 aromatic heterocycles. The number of hydrogen-bond acceptors (Lipinski definition) is 3. The fourth-order valence-electron chi connectivity index (χ4n) is 4.18. The van der Waals surface area contributed by atoms with Crippen molar-refractivity contribution in [1.29, 1.82) is 0 Å². The highest BCUT2D eigenvalue weighted by atomic mass is 19.1. The van der Waals surface area contributed by atoms with Crippen molar-refractivity contribution in [3.63, 3.8) is 0 Å². The van der Waals surface area contributed by atoms with Gasteiger partial charge < -0.3 is 4.90 Å².